The monoisotopic (exact) mass is 239 g/mol. The number of likely N-dealkylation sites (N-methyl/N-ethyl adjacent to an activating group) is 1. The molecule has 1 aromatic rings. The number of aromatic nitrogens is 2. The maximum absolute atomic E-state index is 11.8. The SMILES string of the molecule is CCO[C@H](C)C(=O)N(C)CCc1cnn(C)c1. The number of amides is 1. The molecule has 0 spiro atoms. The molecule has 5 heteroatoms. The molecule has 0 aliphatic heterocycles. The lowest BCUT2D eigenvalue weighted by Crippen LogP contribution is -2.37. The van der Waals surface area contributed by atoms with Crippen molar-refractivity contribution in [1.82, 2.24) is 14.7 Å². The summed E-state index contributed by atoms with van der Waals surface area (Å²) >= 11 is 0. The largest absolute Gasteiger partial charge is 0.369 e. The van der Waals surface area contributed by atoms with Crippen LogP contribution < -0.4 is 0 Å². The normalized spacial score (nSPS) is 12.5. The summed E-state index contributed by atoms with van der Waals surface area (Å²) in [6, 6.07) is 0. The van der Waals surface area contributed by atoms with Gasteiger partial charge in [-0.2, -0.15) is 5.10 Å². The summed E-state index contributed by atoms with van der Waals surface area (Å²) in [4.78, 5) is 13.5. The van der Waals surface area contributed by atoms with Crippen LogP contribution in [-0.2, 0) is 23.0 Å². The number of hydrogen-bond donors (Lipinski definition) is 0. The van der Waals surface area contributed by atoms with Crippen molar-refractivity contribution in [1.29, 1.82) is 0 Å². The van der Waals surface area contributed by atoms with Crippen molar-refractivity contribution in [2.24, 2.45) is 7.05 Å². The van der Waals surface area contributed by atoms with Gasteiger partial charge in [-0.3, -0.25) is 9.48 Å². The number of hydrogen-bond acceptors (Lipinski definition) is 3. The van der Waals surface area contributed by atoms with Gasteiger partial charge in [-0.1, -0.05) is 0 Å². The van der Waals surface area contributed by atoms with E-state index in [9.17, 15) is 4.79 Å². The van der Waals surface area contributed by atoms with Crippen LogP contribution >= 0.6 is 0 Å². The van der Waals surface area contributed by atoms with Crippen LogP contribution in [-0.4, -0.2) is 46.9 Å². The number of ether oxygens (including phenoxy) is 1. The second-order valence-corrected chi connectivity index (χ2v) is 4.13. The van der Waals surface area contributed by atoms with Gasteiger partial charge in [-0.05, 0) is 25.8 Å². The Morgan fingerprint density at radius 1 is 1.65 bits per heavy atom. The van der Waals surface area contributed by atoms with E-state index in [-0.39, 0.29) is 12.0 Å². The van der Waals surface area contributed by atoms with E-state index >= 15 is 0 Å². The van der Waals surface area contributed by atoms with E-state index < -0.39 is 0 Å². The van der Waals surface area contributed by atoms with E-state index in [4.69, 9.17) is 4.74 Å². The molecule has 1 heterocycles. The van der Waals surface area contributed by atoms with Gasteiger partial charge in [0.1, 0.15) is 6.10 Å². The highest BCUT2D eigenvalue weighted by molar-refractivity contribution is 5.80. The highest BCUT2D eigenvalue weighted by Crippen LogP contribution is 2.02. The molecule has 1 aromatic heterocycles. The Morgan fingerprint density at radius 2 is 2.35 bits per heavy atom. The molecule has 1 amide bonds. The van der Waals surface area contributed by atoms with Crippen molar-refractivity contribution in [3.63, 3.8) is 0 Å². The fourth-order valence-corrected chi connectivity index (χ4v) is 1.64. The highest BCUT2D eigenvalue weighted by atomic mass is 16.5. The van der Waals surface area contributed by atoms with E-state index in [1.807, 2.05) is 26.4 Å². The van der Waals surface area contributed by atoms with Crippen LogP contribution in [0, 0.1) is 0 Å². The summed E-state index contributed by atoms with van der Waals surface area (Å²) in [5.41, 5.74) is 1.14. The molecule has 0 N–H and O–H groups in total. The molecule has 0 unspecified atom stereocenters. The summed E-state index contributed by atoms with van der Waals surface area (Å²) in [7, 11) is 3.68. The molecule has 0 saturated carbocycles. The van der Waals surface area contributed by atoms with E-state index in [0.29, 0.717) is 13.2 Å². The van der Waals surface area contributed by atoms with Crippen LogP contribution in [0.2, 0.25) is 0 Å². The average Bonchev–Trinajstić information content (AvgIpc) is 2.71. The second-order valence-electron chi connectivity index (χ2n) is 4.13. The quantitative estimate of drug-likeness (QED) is 0.739. The van der Waals surface area contributed by atoms with E-state index in [0.717, 1.165) is 12.0 Å². The zero-order chi connectivity index (χ0) is 12.8. The van der Waals surface area contributed by atoms with Crippen LogP contribution in [0.4, 0.5) is 0 Å². The van der Waals surface area contributed by atoms with Gasteiger partial charge in [0.25, 0.3) is 5.91 Å². The smallest absolute Gasteiger partial charge is 0.251 e. The molecule has 0 bridgehead atoms. The Hall–Kier alpha value is -1.36. The Balaban J connectivity index is 2.38. The minimum absolute atomic E-state index is 0.0238. The maximum atomic E-state index is 11.8. The first-order valence-corrected chi connectivity index (χ1v) is 5.88. The first-order valence-electron chi connectivity index (χ1n) is 5.88. The zero-order valence-corrected chi connectivity index (χ0v) is 11.0. The van der Waals surface area contributed by atoms with Crippen LogP contribution in [0.25, 0.3) is 0 Å². The lowest BCUT2D eigenvalue weighted by Gasteiger charge is -2.20. The average molecular weight is 239 g/mol. The van der Waals surface area contributed by atoms with Crippen molar-refractivity contribution in [3.05, 3.63) is 18.0 Å². The summed E-state index contributed by atoms with van der Waals surface area (Å²) < 4.78 is 7.04. The Morgan fingerprint density at radius 3 is 2.88 bits per heavy atom. The van der Waals surface area contributed by atoms with Crippen molar-refractivity contribution in [3.8, 4) is 0 Å². The first kappa shape index (κ1) is 13.7. The molecular formula is C12H21N3O2. The fraction of sp³-hybridized carbons (Fsp3) is 0.667. The van der Waals surface area contributed by atoms with Crippen LogP contribution in [0.1, 0.15) is 19.4 Å². The fourth-order valence-electron chi connectivity index (χ4n) is 1.64. The molecule has 0 radical (unpaired) electrons. The van der Waals surface area contributed by atoms with Crippen LogP contribution in [0.3, 0.4) is 0 Å². The number of rotatable bonds is 6. The van der Waals surface area contributed by atoms with Gasteiger partial charge in [0, 0.05) is 33.4 Å². The van der Waals surface area contributed by atoms with Gasteiger partial charge in [0.05, 0.1) is 6.20 Å². The molecule has 17 heavy (non-hydrogen) atoms. The minimum atomic E-state index is -0.362. The third-order valence-electron chi connectivity index (χ3n) is 2.63. The van der Waals surface area contributed by atoms with Crippen LogP contribution in [0.15, 0.2) is 12.4 Å². The van der Waals surface area contributed by atoms with Crippen molar-refractivity contribution >= 4 is 5.91 Å². The molecular weight excluding hydrogens is 218 g/mol. The van der Waals surface area contributed by atoms with Crippen molar-refractivity contribution in [2.45, 2.75) is 26.4 Å². The minimum Gasteiger partial charge on any atom is -0.369 e. The third kappa shape index (κ3) is 4.19. The number of nitrogens with zero attached hydrogens (tertiary/aromatic N) is 3. The topological polar surface area (TPSA) is 47.4 Å². The molecule has 96 valence electrons. The summed E-state index contributed by atoms with van der Waals surface area (Å²) in [5.74, 6) is 0.0238. The van der Waals surface area contributed by atoms with E-state index in [1.54, 1.807) is 23.6 Å². The molecule has 0 aliphatic carbocycles. The molecule has 1 rings (SSSR count). The van der Waals surface area contributed by atoms with Gasteiger partial charge >= 0.3 is 0 Å². The lowest BCUT2D eigenvalue weighted by molar-refractivity contribution is -0.140. The van der Waals surface area contributed by atoms with Gasteiger partial charge in [-0.15, -0.1) is 0 Å². The van der Waals surface area contributed by atoms with Crippen LogP contribution in [0.5, 0.6) is 0 Å². The highest BCUT2D eigenvalue weighted by Gasteiger charge is 2.17. The van der Waals surface area contributed by atoms with Gasteiger partial charge in [0.2, 0.25) is 0 Å². The molecule has 1 atom stereocenters. The first-order chi connectivity index (χ1) is 8.04. The van der Waals surface area contributed by atoms with E-state index in [1.165, 1.54) is 0 Å². The predicted octanol–water partition coefficient (Wildman–Crippen LogP) is 0.846. The standard InChI is InChI=1S/C12H21N3O2/c1-5-17-10(2)12(16)14(3)7-6-11-8-13-15(4)9-11/h8-10H,5-7H2,1-4H3/t10-/m1/s1. The number of carbonyl (C=O) groups is 1. The number of aryl methyl sites for hydroxylation is 1. The second kappa shape index (κ2) is 6.39. The van der Waals surface area contributed by atoms with Gasteiger partial charge in [-0.25, -0.2) is 0 Å². The van der Waals surface area contributed by atoms with Gasteiger partial charge in [0.15, 0.2) is 0 Å². The Bertz CT molecular complexity index is 362. The number of carbonyl (C=O) groups excluding carboxylic acids is 1. The van der Waals surface area contributed by atoms with Crippen molar-refractivity contribution < 1.29 is 9.53 Å². The predicted molar refractivity (Wildman–Crippen MR) is 65.6 cm³/mol. The Labute approximate surface area is 102 Å². The van der Waals surface area contributed by atoms with Crippen molar-refractivity contribution in [2.75, 3.05) is 20.2 Å². The maximum Gasteiger partial charge on any atom is 0.251 e. The van der Waals surface area contributed by atoms with E-state index in [2.05, 4.69) is 5.10 Å². The lowest BCUT2D eigenvalue weighted by atomic mass is 10.2. The van der Waals surface area contributed by atoms with Gasteiger partial charge < -0.3 is 9.64 Å². The third-order valence-corrected chi connectivity index (χ3v) is 2.63. The summed E-state index contributed by atoms with van der Waals surface area (Å²) in [6.45, 7) is 4.91. The summed E-state index contributed by atoms with van der Waals surface area (Å²) in [5, 5.41) is 4.09. The molecule has 0 fully saturated rings. The Kier molecular flexibility index (Phi) is 5.15. The molecule has 5 nitrogen and oxygen atoms in total. The zero-order valence-electron chi connectivity index (χ0n) is 11.0. The molecule has 0 saturated heterocycles. The molecule has 0 aliphatic rings. The summed E-state index contributed by atoms with van der Waals surface area (Å²) in [6.07, 6.45) is 4.24. The molecule has 0 aromatic carbocycles.